The molecule has 0 aliphatic rings. The van der Waals surface area contributed by atoms with Gasteiger partial charge in [0.1, 0.15) is 0 Å². The van der Waals surface area contributed by atoms with Gasteiger partial charge in [0.25, 0.3) is 5.56 Å². The minimum absolute atomic E-state index is 0.0781. The maximum absolute atomic E-state index is 12.6. The minimum atomic E-state index is -1.24. The third-order valence-electron chi connectivity index (χ3n) is 3.65. The molecule has 0 aliphatic heterocycles. The van der Waals surface area contributed by atoms with Gasteiger partial charge in [-0.2, -0.15) is 0 Å². The summed E-state index contributed by atoms with van der Waals surface area (Å²) < 4.78 is 2.37. The Balaban J connectivity index is 1.91. The minimum Gasteiger partial charge on any atom is -0.545 e. The van der Waals surface area contributed by atoms with E-state index in [1.165, 1.54) is 23.0 Å². The molecule has 0 radical (unpaired) electrons. The Labute approximate surface area is 151 Å². The van der Waals surface area contributed by atoms with Gasteiger partial charge in [0, 0.05) is 16.4 Å². The number of carbonyl (C=O) groups is 1. The number of rotatable bonds is 4. The maximum Gasteiger partial charge on any atom is 0.280 e. The quantitative estimate of drug-likeness (QED) is 0.683. The van der Waals surface area contributed by atoms with Gasteiger partial charge in [-0.1, -0.05) is 28.1 Å². The second-order valence-corrected chi connectivity index (χ2v) is 6.28. The number of H-pyrrole nitrogens is 1. The number of carbonyl (C=O) groups excluding carboxylic acids is 1. The summed E-state index contributed by atoms with van der Waals surface area (Å²) in [5, 5.41) is 13.8. The highest BCUT2D eigenvalue weighted by Crippen LogP contribution is 2.15. The highest BCUT2D eigenvalue weighted by Gasteiger charge is 2.10. The second kappa shape index (κ2) is 6.90. The van der Waals surface area contributed by atoms with Crippen molar-refractivity contribution in [2.75, 3.05) is 0 Å². The van der Waals surface area contributed by atoms with Crippen molar-refractivity contribution in [3.05, 3.63) is 80.2 Å². The maximum atomic E-state index is 12.6. The van der Waals surface area contributed by atoms with Crippen molar-refractivity contribution in [1.82, 2.24) is 9.78 Å². The first-order chi connectivity index (χ1) is 12.0. The van der Waals surface area contributed by atoms with Crippen LogP contribution in [-0.2, 0) is 0 Å². The van der Waals surface area contributed by atoms with Crippen molar-refractivity contribution < 1.29 is 9.90 Å². The van der Waals surface area contributed by atoms with Crippen molar-refractivity contribution in [3.8, 4) is 5.69 Å². The van der Waals surface area contributed by atoms with E-state index in [9.17, 15) is 14.7 Å². The van der Waals surface area contributed by atoms with Gasteiger partial charge in [-0.25, -0.2) is 4.68 Å². The topological polar surface area (TPSA) is 90.3 Å². The Kier molecular flexibility index (Phi) is 4.67. The lowest BCUT2D eigenvalue weighted by molar-refractivity contribution is -0.255. The number of hydrogen-bond donors (Lipinski definition) is 1. The van der Waals surface area contributed by atoms with Crippen LogP contribution >= 0.6 is 15.9 Å². The zero-order valence-corrected chi connectivity index (χ0v) is 14.8. The fourth-order valence-corrected chi connectivity index (χ4v) is 2.57. The van der Waals surface area contributed by atoms with Crippen LogP contribution in [0.4, 0.5) is 5.69 Å². The number of nitrogens with zero attached hydrogens (tertiary/aromatic N) is 2. The number of aromatic carboxylic acids is 1. The van der Waals surface area contributed by atoms with E-state index in [1.807, 2.05) is 24.3 Å². The van der Waals surface area contributed by atoms with Gasteiger partial charge in [0.15, 0.2) is 0 Å². The van der Waals surface area contributed by atoms with Crippen LogP contribution in [0, 0.1) is 6.92 Å². The Bertz CT molecular complexity index is 1000. The summed E-state index contributed by atoms with van der Waals surface area (Å²) in [4.78, 5) is 27.6. The number of aryl methyl sites for hydroxylation is 1. The van der Waals surface area contributed by atoms with Crippen LogP contribution in [0.2, 0.25) is 0 Å². The molecule has 0 spiro atoms. The standard InChI is InChI=1S/C18H14BrN3O3/c1-11-16(10-20-14-6-2-12(3-7-14)18(24)25)17(23)22(21-11)15-8-4-13(19)5-9-15/h2-10,21H,1H3,(H,24,25)/p-1. The van der Waals surface area contributed by atoms with Crippen molar-refractivity contribution in [2.45, 2.75) is 6.92 Å². The third kappa shape index (κ3) is 3.61. The molecule has 25 heavy (non-hydrogen) atoms. The van der Waals surface area contributed by atoms with Gasteiger partial charge >= 0.3 is 0 Å². The van der Waals surface area contributed by atoms with E-state index in [-0.39, 0.29) is 11.1 Å². The molecule has 0 amide bonds. The number of aromatic nitrogens is 2. The summed E-state index contributed by atoms with van der Waals surface area (Å²) in [6.07, 6.45) is 1.47. The van der Waals surface area contributed by atoms with E-state index in [0.717, 1.165) is 4.47 Å². The summed E-state index contributed by atoms with van der Waals surface area (Å²) in [5.74, 6) is -1.24. The summed E-state index contributed by atoms with van der Waals surface area (Å²) in [6, 6.07) is 13.3. The number of aliphatic imine (C=N–C) groups is 1. The predicted molar refractivity (Wildman–Crippen MR) is 96.9 cm³/mol. The number of aromatic amines is 1. The second-order valence-electron chi connectivity index (χ2n) is 5.36. The normalized spacial score (nSPS) is 11.1. The average molecular weight is 399 g/mol. The molecule has 126 valence electrons. The van der Waals surface area contributed by atoms with Gasteiger partial charge in [-0.3, -0.25) is 14.9 Å². The molecule has 0 aliphatic carbocycles. The first-order valence-electron chi connectivity index (χ1n) is 7.39. The molecule has 0 saturated heterocycles. The van der Waals surface area contributed by atoms with Gasteiger partial charge < -0.3 is 9.90 Å². The van der Waals surface area contributed by atoms with Crippen LogP contribution in [0.3, 0.4) is 0 Å². The molecular weight excluding hydrogens is 386 g/mol. The monoisotopic (exact) mass is 398 g/mol. The number of nitrogens with one attached hydrogen (secondary N) is 1. The summed E-state index contributed by atoms with van der Waals surface area (Å²) in [7, 11) is 0. The van der Waals surface area contributed by atoms with E-state index in [1.54, 1.807) is 19.1 Å². The fraction of sp³-hybridized carbons (Fsp3) is 0.0556. The molecule has 3 rings (SSSR count). The Hall–Kier alpha value is -2.93. The predicted octanol–water partition coefficient (Wildman–Crippen LogP) is 2.35. The first-order valence-corrected chi connectivity index (χ1v) is 8.18. The molecule has 1 heterocycles. The van der Waals surface area contributed by atoms with E-state index in [0.29, 0.717) is 22.6 Å². The largest absolute Gasteiger partial charge is 0.545 e. The summed E-state index contributed by atoms with van der Waals surface area (Å²) in [6.45, 7) is 1.79. The lowest BCUT2D eigenvalue weighted by Gasteiger charge is -2.01. The molecule has 6 nitrogen and oxygen atoms in total. The fourth-order valence-electron chi connectivity index (χ4n) is 2.31. The van der Waals surface area contributed by atoms with Gasteiger partial charge in [0.2, 0.25) is 0 Å². The SMILES string of the molecule is Cc1[nH]n(-c2ccc(Br)cc2)c(=O)c1C=Nc1ccc(C(=O)[O-])cc1. The molecule has 0 bridgehead atoms. The zero-order chi connectivity index (χ0) is 18.0. The van der Waals surface area contributed by atoms with E-state index >= 15 is 0 Å². The molecule has 0 saturated carbocycles. The zero-order valence-electron chi connectivity index (χ0n) is 13.2. The van der Waals surface area contributed by atoms with Crippen LogP contribution in [0.25, 0.3) is 5.69 Å². The lowest BCUT2D eigenvalue weighted by Crippen LogP contribution is -2.21. The molecule has 1 aromatic heterocycles. The first kappa shape index (κ1) is 16.9. The number of carboxylic acid groups (broad SMARTS) is 1. The molecule has 0 atom stereocenters. The molecule has 2 aromatic carbocycles. The molecule has 0 unspecified atom stereocenters. The van der Waals surface area contributed by atoms with Gasteiger partial charge in [-0.15, -0.1) is 0 Å². The molecule has 7 heteroatoms. The van der Waals surface area contributed by atoms with Crippen molar-refractivity contribution in [3.63, 3.8) is 0 Å². The van der Waals surface area contributed by atoms with Crippen LogP contribution in [0.15, 0.2) is 62.8 Å². The van der Waals surface area contributed by atoms with Crippen LogP contribution < -0.4 is 10.7 Å². The number of benzene rings is 2. The summed E-state index contributed by atoms with van der Waals surface area (Å²) in [5.41, 5.74) is 2.24. The molecule has 3 aromatic rings. The van der Waals surface area contributed by atoms with Crippen LogP contribution in [-0.4, -0.2) is 22.0 Å². The highest BCUT2D eigenvalue weighted by molar-refractivity contribution is 9.10. The van der Waals surface area contributed by atoms with Gasteiger partial charge in [0.05, 0.1) is 22.9 Å². The molecule has 0 fully saturated rings. The number of hydrogen-bond acceptors (Lipinski definition) is 4. The number of halogens is 1. The number of carboxylic acids is 1. The highest BCUT2D eigenvalue weighted by atomic mass is 79.9. The van der Waals surface area contributed by atoms with E-state index in [4.69, 9.17) is 0 Å². The van der Waals surface area contributed by atoms with Gasteiger partial charge in [-0.05, 0) is 48.9 Å². The van der Waals surface area contributed by atoms with E-state index in [2.05, 4.69) is 26.0 Å². The Morgan fingerprint density at radius 3 is 2.40 bits per heavy atom. The van der Waals surface area contributed by atoms with Crippen molar-refractivity contribution in [1.29, 1.82) is 0 Å². The van der Waals surface area contributed by atoms with Crippen LogP contribution in [0.1, 0.15) is 21.6 Å². The van der Waals surface area contributed by atoms with Crippen LogP contribution in [0.5, 0.6) is 0 Å². The average Bonchev–Trinajstić information content (AvgIpc) is 2.88. The molecular formula is C18H13BrN3O3-. The smallest absolute Gasteiger partial charge is 0.280 e. The molecule has 1 N–H and O–H groups in total. The Morgan fingerprint density at radius 1 is 1.16 bits per heavy atom. The van der Waals surface area contributed by atoms with Crippen molar-refractivity contribution in [2.24, 2.45) is 4.99 Å². The third-order valence-corrected chi connectivity index (χ3v) is 4.18. The van der Waals surface area contributed by atoms with Crippen molar-refractivity contribution >= 4 is 33.8 Å². The van der Waals surface area contributed by atoms with E-state index < -0.39 is 5.97 Å². The summed E-state index contributed by atoms with van der Waals surface area (Å²) >= 11 is 3.36. The Morgan fingerprint density at radius 2 is 1.80 bits per heavy atom. The lowest BCUT2D eigenvalue weighted by atomic mass is 10.2.